The van der Waals surface area contributed by atoms with E-state index in [4.69, 9.17) is 4.74 Å². The number of nitrogens with one attached hydrogen (secondary N) is 1. The summed E-state index contributed by atoms with van der Waals surface area (Å²) < 4.78 is 84.8. The molecule has 11 heteroatoms. The van der Waals surface area contributed by atoms with Crippen LogP contribution in [0.4, 0.5) is 26.3 Å². The zero-order valence-electron chi connectivity index (χ0n) is 19.1. The molecule has 1 aromatic rings. The predicted octanol–water partition coefficient (Wildman–Crippen LogP) is 3.91. The number of hydrogen-bond donors (Lipinski definition) is 1. The lowest BCUT2D eigenvalue weighted by Crippen LogP contribution is -2.55. The summed E-state index contributed by atoms with van der Waals surface area (Å²) in [6, 6.07) is 1.50. The maximum atomic E-state index is 13.2. The van der Waals surface area contributed by atoms with Crippen molar-refractivity contribution < 1.29 is 35.9 Å². The Labute approximate surface area is 194 Å². The first-order valence-electron chi connectivity index (χ1n) is 11.4. The van der Waals surface area contributed by atoms with Crippen molar-refractivity contribution in [3.63, 3.8) is 0 Å². The first-order chi connectivity index (χ1) is 15.8. The normalized spacial score (nSPS) is 30.6. The molecule has 1 amide bonds. The number of alkyl halides is 6. The fraction of sp³-hybridized carbons (Fsp3) is 0.696. The van der Waals surface area contributed by atoms with Gasteiger partial charge in [0.2, 0.25) is 5.91 Å². The minimum atomic E-state index is -4.90. The van der Waals surface area contributed by atoms with Crippen molar-refractivity contribution in [3.05, 3.63) is 34.9 Å². The van der Waals surface area contributed by atoms with E-state index in [-0.39, 0.29) is 36.1 Å². The predicted molar refractivity (Wildman–Crippen MR) is 112 cm³/mol. The van der Waals surface area contributed by atoms with E-state index in [2.05, 4.69) is 10.2 Å². The van der Waals surface area contributed by atoms with Crippen molar-refractivity contribution in [2.24, 2.45) is 5.92 Å². The highest BCUT2D eigenvalue weighted by molar-refractivity contribution is 5.80. The summed E-state index contributed by atoms with van der Waals surface area (Å²) in [7, 11) is 2.01. The molecule has 1 N–H and O–H groups in total. The van der Waals surface area contributed by atoms with Gasteiger partial charge in [0.05, 0.1) is 29.8 Å². The number of benzene rings is 1. The molecule has 0 radical (unpaired) electrons. The number of piperazine rings is 1. The van der Waals surface area contributed by atoms with Gasteiger partial charge in [0.1, 0.15) is 0 Å². The van der Waals surface area contributed by atoms with Crippen LogP contribution >= 0.6 is 0 Å². The highest BCUT2D eigenvalue weighted by Crippen LogP contribution is 2.42. The molecule has 3 aliphatic heterocycles. The number of likely N-dealkylation sites (N-methyl/N-ethyl adjacent to an activating group) is 1. The third-order valence-corrected chi connectivity index (χ3v) is 7.33. The average molecular weight is 493 g/mol. The monoisotopic (exact) mass is 493 g/mol. The van der Waals surface area contributed by atoms with E-state index >= 15 is 0 Å². The maximum Gasteiger partial charge on any atom is 0.416 e. The Morgan fingerprint density at radius 3 is 2.18 bits per heavy atom. The first kappa shape index (κ1) is 25.2. The van der Waals surface area contributed by atoms with Crippen molar-refractivity contribution in [3.8, 4) is 0 Å². The molecule has 1 aromatic carbocycles. The topological polar surface area (TPSA) is 44.8 Å². The van der Waals surface area contributed by atoms with Crippen LogP contribution in [0.2, 0.25) is 0 Å². The Bertz CT molecular complexity index is 881. The lowest BCUT2D eigenvalue weighted by atomic mass is 9.88. The minimum absolute atomic E-state index is 0.0117. The van der Waals surface area contributed by atoms with Crippen LogP contribution in [0.25, 0.3) is 0 Å². The van der Waals surface area contributed by atoms with Crippen LogP contribution in [0.5, 0.6) is 0 Å². The number of ether oxygens (including phenoxy) is 1. The number of carbonyl (C=O) groups excluding carboxylic acids is 1. The smallest absolute Gasteiger partial charge is 0.372 e. The molecule has 0 aromatic heterocycles. The second-order valence-electron chi connectivity index (χ2n) is 9.90. The second-order valence-corrected chi connectivity index (χ2v) is 9.90. The van der Waals surface area contributed by atoms with E-state index in [0.29, 0.717) is 44.5 Å². The molecule has 3 fully saturated rings. The summed E-state index contributed by atoms with van der Waals surface area (Å²) in [5, 5.41) is 3.46. The summed E-state index contributed by atoms with van der Waals surface area (Å²) in [5.74, 6) is -0.116. The lowest BCUT2D eigenvalue weighted by Gasteiger charge is -2.39. The number of amides is 1. The van der Waals surface area contributed by atoms with E-state index in [0.717, 1.165) is 13.1 Å². The highest BCUT2D eigenvalue weighted by atomic mass is 19.4. The van der Waals surface area contributed by atoms with Crippen LogP contribution in [0.3, 0.4) is 0 Å². The van der Waals surface area contributed by atoms with Crippen LogP contribution in [0.1, 0.15) is 42.9 Å². The SMILES string of the molecule is CN1CCN(C(=O)C2CC3(C)NC2CCC3OCc2cc(C(F)(F)F)cc(C(F)(F)F)c2)CC1. The summed E-state index contributed by atoms with van der Waals surface area (Å²) in [4.78, 5) is 17.2. The number of nitrogens with zero attached hydrogens (tertiary/aromatic N) is 2. The summed E-state index contributed by atoms with van der Waals surface area (Å²) in [6.45, 7) is 4.51. The van der Waals surface area contributed by atoms with Gasteiger partial charge in [-0.25, -0.2) is 0 Å². The number of carbonyl (C=O) groups is 1. The van der Waals surface area contributed by atoms with Crippen molar-refractivity contribution in [1.29, 1.82) is 0 Å². The first-order valence-corrected chi connectivity index (χ1v) is 11.4. The van der Waals surface area contributed by atoms with Gasteiger partial charge in [-0.15, -0.1) is 0 Å². The van der Waals surface area contributed by atoms with Gasteiger partial charge in [0.15, 0.2) is 0 Å². The number of piperidine rings is 1. The lowest BCUT2D eigenvalue weighted by molar-refractivity contribution is -0.143. The summed E-state index contributed by atoms with van der Waals surface area (Å²) in [5.41, 5.74) is -3.47. The molecule has 3 aliphatic rings. The molecular formula is C23H29F6N3O2. The Hall–Kier alpha value is -1.85. The molecule has 34 heavy (non-hydrogen) atoms. The number of hydrogen-bond acceptors (Lipinski definition) is 4. The van der Waals surface area contributed by atoms with E-state index in [1.54, 1.807) is 0 Å². The van der Waals surface area contributed by atoms with E-state index in [1.165, 1.54) is 0 Å². The van der Waals surface area contributed by atoms with Gasteiger partial charge in [0.25, 0.3) is 0 Å². The van der Waals surface area contributed by atoms with Gasteiger partial charge in [-0.2, -0.15) is 26.3 Å². The summed E-state index contributed by atoms with van der Waals surface area (Å²) >= 11 is 0. The third-order valence-electron chi connectivity index (χ3n) is 7.33. The average Bonchev–Trinajstić information content (AvgIpc) is 3.03. The van der Waals surface area contributed by atoms with Gasteiger partial charge in [-0.3, -0.25) is 4.79 Å². The van der Waals surface area contributed by atoms with Gasteiger partial charge in [-0.05, 0) is 57.0 Å². The highest BCUT2D eigenvalue weighted by Gasteiger charge is 2.53. The minimum Gasteiger partial charge on any atom is -0.372 e. The Kier molecular flexibility index (Phi) is 6.67. The standard InChI is InChI=1S/C23H29F6N3O2/c1-21-12-17(20(33)32-7-5-31(2)6-8-32)18(30-21)3-4-19(21)34-13-14-9-15(22(24,25)26)11-16(10-14)23(27,28)29/h9-11,17-19,30H,3-8,12-13H2,1-2H3. The van der Waals surface area contributed by atoms with Crippen molar-refractivity contribution in [2.45, 2.75) is 62.8 Å². The van der Waals surface area contributed by atoms with E-state index in [1.807, 2.05) is 18.9 Å². The van der Waals surface area contributed by atoms with Crippen LogP contribution in [-0.2, 0) is 28.5 Å². The molecule has 3 saturated heterocycles. The quantitative estimate of drug-likeness (QED) is 0.647. The Morgan fingerprint density at radius 2 is 1.62 bits per heavy atom. The molecule has 4 unspecified atom stereocenters. The number of rotatable bonds is 4. The van der Waals surface area contributed by atoms with Crippen molar-refractivity contribution in [2.75, 3.05) is 33.2 Å². The van der Waals surface area contributed by atoms with E-state index in [9.17, 15) is 31.1 Å². The van der Waals surface area contributed by atoms with Crippen LogP contribution in [-0.4, -0.2) is 66.6 Å². The van der Waals surface area contributed by atoms with Gasteiger partial charge in [-0.1, -0.05) is 0 Å². The molecule has 0 spiro atoms. The molecule has 0 saturated carbocycles. The zero-order valence-corrected chi connectivity index (χ0v) is 19.1. The fourth-order valence-corrected chi connectivity index (χ4v) is 5.42. The molecule has 4 atom stereocenters. The Morgan fingerprint density at radius 1 is 1.03 bits per heavy atom. The zero-order chi connectivity index (χ0) is 24.9. The Balaban J connectivity index is 1.45. The van der Waals surface area contributed by atoms with Gasteiger partial charge in [0, 0.05) is 37.8 Å². The molecule has 190 valence electrons. The molecule has 3 heterocycles. The van der Waals surface area contributed by atoms with Gasteiger partial charge >= 0.3 is 12.4 Å². The molecule has 5 nitrogen and oxygen atoms in total. The van der Waals surface area contributed by atoms with Crippen LogP contribution in [0, 0.1) is 5.92 Å². The summed E-state index contributed by atoms with van der Waals surface area (Å²) in [6.07, 6.45) is -8.48. The fourth-order valence-electron chi connectivity index (χ4n) is 5.42. The van der Waals surface area contributed by atoms with Crippen LogP contribution in [0.15, 0.2) is 18.2 Å². The maximum absolute atomic E-state index is 13.2. The molecule has 2 bridgehead atoms. The molecular weight excluding hydrogens is 464 g/mol. The van der Waals surface area contributed by atoms with Crippen molar-refractivity contribution >= 4 is 5.91 Å². The van der Waals surface area contributed by atoms with Crippen LogP contribution < -0.4 is 5.32 Å². The number of fused-ring (bicyclic) bond motifs is 2. The largest absolute Gasteiger partial charge is 0.416 e. The second kappa shape index (κ2) is 8.98. The number of halogens is 6. The van der Waals surface area contributed by atoms with E-state index < -0.39 is 35.1 Å². The van der Waals surface area contributed by atoms with Gasteiger partial charge < -0.3 is 19.9 Å². The molecule has 0 aliphatic carbocycles. The van der Waals surface area contributed by atoms with Crippen molar-refractivity contribution in [1.82, 2.24) is 15.1 Å². The third kappa shape index (κ3) is 5.21. The molecule has 4 rings (SSSR count).